The fraction of sp³-hybridized carbons (Fsp3) is 0.346. The van der Waals surface area contributed by atoms with Crippen LogP contribution in [0.25, 0.3) is 10.8 Å². The Balaban J connectivity index is 1.51. The van der Waals surface area contributed by atoms with Gasteiger partial charge in [-0.15, -0.1) is 0 Å². The summed E-state index contributed by atoms with van der Waals surface area (Å²) in [6.07, 6.45) is 1.56. The average Bonchev–Trinajstić information content (AvgIpc) is 2.78. The lowest BCUT2D eigenvalue weighted by Crippen LogP contribution is -2.60. The van der Waals surface area contributed by atoms with E-state index in [2.05, 4.69) is 44.7 Å². The van der Waals surface area contributed by atoms with E-state index in [-0.39, 0.29) is 29.4 Å². The number of benzene rings is 2. The fourth-order valence-electron chi connectivity index (χ4n) is 4.70. The summed E-state index contributed by atoms with van der Waals surface area (Å²) in [5.41, 5.74) is 1.90. The van der Waals surface area contributed by atoms with Crippen LogP contribution < -0.4 is 10.5 Å². The predicted octanol–water partition coefficient (Wildman–Crippen LogP) is 3.73. The molecule has 1 aliphatic rings. The Hall–Kier alpha value is -3.17. The maximum absolute atomic E-state index is 12.7. The zero-order valence-corrected chi connectivity index (χ0v) is 21.9. The smallest absolute Gasteiger partial charge is 0.258 e. The first-order chi connectivity index (χ1) is 16.6. The van der Waals surface area contributed by atoms with Crippen LogP contribution in [-0.4, -0.2) is 77.8 Å². The van der Waals surface area contributed by atoms with Crippen molar-refractivity contribution in [2.75, 3.05) is 38.6 Å². The van der Waals surface area contributed by atoms with E-state index in [1.54, 1.807) is 24.4 Å². The number of likely N-dealkylation sites (N-methyl/N-ethyl adjacent to an activating group) is 1. The third-order valence-corrected chi connectivity index (χ3v) is 6.71. The summed E-state index contributed by atoms with van der Waals surface area (Å²) in [7, 11) is 3.82. The number of hydrogen-bond donors (Lipinski definition) is 2. The van der Waals surface area contributed by atoms with E-state index in [0.717, 1.165) is 28.9 Å². The molecular weight excluding hydrogens is 510 g/mol. The number of anilines is 1. The number of hydrogen-bond acceptors (Lipinski definition) is 6. The molecule has 184 valence electrons. The Bertz CT molecular complexity index is 1310. The number of pyridine rings is 1. The third kappa shape index (κ3) is 5.41. The van der Waals surface area contributed by atoms with Crippen molar-refractivity contribution in [3.05, 3.63) is 62.9 Å². The summed E-state index contributed by atoms with van der Waals surface area (Å²) in [5.74, 6) is -0.0602. The van der Waals surface area contributed by atoms with Crippen molar-refractivity contribution in [3.8, 4) is 5.88 Å². The SMILES string of the molecule is C[C@@H]1CN(c2ccc(N=Cc3c(O)[nH]c(=O)c4ccc(Br)cc34)cc2)C[C@H](C)N1C(=O)CN(C)C. The quantitative estimate of drug-likeness (QED) is 0.482. The van der Waals surface area contributed by atoms with Gasteiger partial charge in [-0.3, -0.25) is 19.6 Å². The molecule has 1 saturated heterocycles. The fourth-order valence-corrected chi connectivity index (χ4v) is 5.06. The maximum atomic E-state index is 12.7. The lowest BCUT2D eigenvalue weighted by Gasteiger charge is -2.45. The molecule has 0 unspecified atom stereocenters. The molecule has 1 amide bonds. The maximum Gasteiger partial charge on any atom is 0.258 e. The highest BCUT2D eigenvalue weighted by atomic mass is 79.9. The molecule has 0 bridgehead atoms. The van der Waals surface area contributed by atoms with Gasteiger partial charge in [0.1, 0.15) is 0 Å². The molecule has 1 aliphatic heterocycles. The molecule has 35 heavy (non-hydrogen) atoms. The van der Waals surface area contributed by atoms with Crippen LogP contribution in [0, 0.1) is 0 Å². The molecule has 8 nitrogen and oxygen atoms in total. The second kappa shape index (κ2) is 10.2. The summed E-state index contributed by atoms with van der Waals surface area (Å²) >= 11 is 3.42. The summed E-state index contributed by atoms with van der Waals surface area (Å²) in [6, 6.07) is 13.4. The molecule has 2 atom stereocenters. The number of carbonyl (C=O) groups is 1. The molecule has 2 N–H and O–H groups in total. The second-order valence-electron chi connectivity index (χ2n) is 9.32. The number of aromatic hydroxyl groups is 1. The van der Waals surface area contributed by atoms with Gasteiger partial charge in [0.2, 0.25) is 11.8 Å². The Kier molecular flexibility index (Phi) is 7.28. The van der Waals surface area contributed by atoms with Crippen LogP contribution >= 0.6 is 15.9 Å². The van der Waals surface area contributed by atoms with Crippen molar-refractivity contribution in [1.82, 2.24) is 14.8 Å². The van der Waals surface area contributed by atoms with E-state index in [9.17, 15) is 14.7 Å². The zero-order valence-electron chi connectivity index (χ0n) is 20.3. The first-order valence-electron chi connectivity index (χ1n) is 11.5. The lowest BCUT2D eigenvalue weighted by atomic mass is 10.1. The summed E-state index contributed by atoms with van der Waals surface area (Å²) in [6.45, 7) is 6.12. The Morgan fingerprint density at radius 2 is 1.80 bits per heavy atom. The van der Waals surface area contributed by atoms with E-state index in [1.165, 1.54) is 0 Å². The van der Waals surface area contributed by atoms with Crippen molar-refractivity contribution in [1.29, 1.82) is 0 Å². The molecule has 0 radical (unpaired) electrons. The number of piperazine rings is 1. The standard InChI is InChI=1S/C26H30BrN5O3/c1-16-13-31(14-17(2)32(16)24(33)15-30(3)4)20-8-6-19(7-9-20)28-12-23-22-11-18(27)5-10-21(22)25(34)29-26(23)35/h5-12,16-17H,13-15H2,1-4H3,(H2,29,34,35)/t16-,17+. The molecule has 0 saturated carbocycles. The molecule has 2 heterocycles. The first kappa shape index (κ1) is 24.9. The zero-order chi connectivity index (χ0) is 25.3. The average molecular weight is 540 g/mol. The molecule has 3 aromatic rings. The number of H-pyrrole nitrogens is 1. The molecule has 9 heteroatoms. The van der Waals surface area contributed by atoms with Gasteiger partial charge in [-0.2, -0.15) is 0 Å². The second-order valence-corrected chi connectivity index (χ2v) is 10.2. The van der Waals surface area contributed by atoms with Gasteiger partial charge in [-0.05, 0) is 70.4 Å². The highest BCUT2D eigenvalue weighted by molar-refractivity contribution is 9.10. The summed E-state index contributed by atoms with van der Waals surface area (Å²) in [5, 5.41) is 11.4. The molecule has 2 aromatic carbocycles. The Morgan fingerprint density at radius 1 is 1.14 bits per heavy atom. The summed E-state index contributed by atoms with van der Waals surface area (Å²) in [4.78, 5) is 38.0. The van der Waals surface area contributed by atoms with Crippen molar-refractivity contribution in [2.45, 2.75) is 25.9 Å². The van der Waals surface area contributed by atoms with Crippen LogP contribution in [0.3, 0.4) is 0 Å². The highest BCUT2D eigenvalue weighted by Crippen LogP contribution is 2.27. The normalized spacial score (nSPS) is 18.7. The van der Waals surface area contributed by atoms with Crippen LogP contribution in [0.5, 0.6) is 5.88 Å². The number of carbonyl (C=O) groups excluding carboxylic acids is 1. The van der Waals surface area contributed by atoms with Gasteiger partial charge in [-0.1, -0.05) is 15.9 Å². The lowest BCUT2D eigenvalue weighted by molar-refractivity contribution is -0.136. The Labute approximate surface area is 213 Å². The van der Waals surface area contributed by atoms with Crippen LogP contribution in [0.4, 0.5) is 11.4 Å². The number of aliphatic imine (C=N–C) groups is 1. The Morgan fingerprint density at radius 3 is 2.43 bits per heavy atom. The first-order valence-corrected chi connectivity index (χ1v) is 12.3. The van der Waals surface area contributed by atoms with Crippen molar-refractivity contribution >= 4 is 50.2 Å². The largest absolute Gasteiger partial charge is 0.494 e. The molecule has 1 fully saturated rings. The molecule has 1 aromatic heterocycles. The van der Waals surface area contributed by atoms with E-state index in [0.29, 0.717) is 22.9 Å². The minimum absolute atomic E-state index is 0.111. The number of rotatable bonds is 5. The van der Waals surface area contributed by atoms with Gasteiger partial charge in [0, 0.05) is 52.3 Å². The molecule has 0 spiro atoms. The highest BCUT2D eigenvalue weighted by Gasteiger charge is 2.32. The number of fused-ring (bicyclic) bond motifs is 1. The predicted molar refractivity (Wildman–Crippen MR) is 144 cm³/mol. The van der Waals surface area contributed by atoms with Gasteiger partial charge in [-0.25, -0.2) is 0 Å². The minimum Gasteiger partial charge on any atom is -0.494 e. The van der Waals surface area contributed by atoms with Gasteiger partial charge in [0.15, 0.2) is 0 Å². The van der Waals surface area contributed by atoms with Crippen LogP contribution in [0.15, 0.2) is 56.7 Å². The van der Waals surface area contributed by atoms with Gasteiger partial charge < -0.3 is 19.8 Å². The van der Waals surface area contributed by atoms with E-state index in [1.807, 2.05) is 48.2 Å². The van der Waals surface area contributed by atoms with Crippen molar-refractivity contribution in [3.63, 3.8) is 0 Å². The third-order valence-electron chi connectivity index (χ3n) is 6.22. The number of aromatic nitrogens is 1. The van der Waals surface area contributed by atoms with E-state index >= 15 is 0 Å². The van der Waals surface area contributed by atoms with Gasteiger partial charge in [0.25, 0.3) is 5.56 Å². The van der Waals surface area contributed by atoms with Crippen LogP contribution in [0.2, 0.25) is 0 Å². The van der Waals surface area contributed by atoms with Crippen molar-refractivity contribution in [2.24, 2.45) is 4.99 Å². The van der Waals surface area contributed by atoms with E-state index in [4.69, 9.17) is 0 Å². The number of amides is 1. The number of nitrogens with one attached hydrogen (secondary N) is 1. The van der Waals surface area contributed by atoms with Gasteiger partial charge in [0.05, 0.1) is 17.8 Å². The molecule has 0 aliphatic carbocycles. The summed E-state index contributed by atoms with van der Waals surface area (Å²) < 4.78 is 0.806. The van der Waals surface area contributed by atoms with Crippen LogP contribution in [0.1, 0.15) is 19.4 Å². The number of nitrogens with zero attached hydrogens (tertiary/aromatic N) is 4. The van der Waals surface area contributed by atoms with E-state index < -0.39 is 0 Å². The number of aromatic amines is 1. The van der Waals surface area contributed by atoms with Gasteiger partial charge >= 0.3 is 0 Å². The van der Waals surface area contributed by atoms with Crippen molar-refractivity contribution < 1.29 is 9.90 Å². The minimum atomic E-state index is -0.349. The molecular formula is C26H30BrN5O3. The van der Waals surface area contributed by atoms with Crippen LogP contribution in [-0.2, 0) is 4.79 Å². The molecule has 4 rings (SSSR count). The topological polar surface area (TPSA) is 92.2 Å². The monoisotopic (exact) mass is 539 g/mol. The number of halogens is 1.